The summed E-state index contributed by atoms with van der Waals surface area (Å²) in [5.41, 5.74) is 3.44. The largest absolute Gasteiger partial charge is 0.379 e. The molecule has 1 aliphatic rings. The number of amides is 2. The van der Waals surface area contributed by atoms with Gasteiger partial charge in [-0.15, -0.1) is 0 Å². The molecular weight excluding hydrogens is 318 g/mol. The first-order chi connectivity index (χ1) is 12.1. The van der Waals surface area contributed by atoms with E-state index in [1.807, 2.05) is 48.9 Å². The highest BCUT2D eigenvalue weighted by molar-refractivity contribution is 5.90. The molecule has 2 heterocycles. The number of nitrogens with one attached hydrogen (secondary N) is 2. The van der Waals surface area contributed by atoms with Gasteiger partial charge in [0.05, 0.1) is 36.0 Å². The molecular formula is C18H25N5O2. The number of carbonyl (C=O) groups excluding carboxylic acids is 1. The third-order valence-corrected chi connectivity index (χ3v) is 4.35. The van der Waals surface area contributed by atoms with Crippen LogP contribution in [-0.2, 0) is 4.74 Å². The maximum Gasteiger partial charge on any atom is 0.319 e. The molecule has 0 atom stereocenters. The number of anilines is 1. The van der Waals surface area contributed by atoms with Crippen LogP contribution in [0.3, 0.4) is 0 Å². The third kappa shape index (κ3) is 4.37. The van der Waals surface area contributed by atoms with Crippen molar-refractivity contribution in [1.29, 1.82) is 0 Å². The lowest BCUT2D eigenvalue weighted by Gasteiger charge is -2.26. The molecule has 7 heteroatoms. The van der Waals surface area contributed by atoms with Gasteiger partial charge in [-0.25, -0.2) is 9.48 Å². The van der Waals surface area contributed by atoms with E-state index in [1.165, 1.54) is 0 Å². The SMILES string of the molecule is Cc1nn(-c2ccccc2)c(C)c1NC(=O)NCCN1CCOCC1. The summed E-state index contributed by atoms with van der Waals surface area (Å²) in [5, 5.41) is 10.4. The topological polar surface area (TPSA) is 71.4 Å². The molecule has 1 aromatic carbocycles. The van der Waals surface area contributed by atoms with Crippen molar-refractivity contribution in [2.45, 2.75) is 13.8 Å². The number of para-hydroxylation sites is 1. The Morgan fingerprint density at radius 3 is 2.64 bits per heavy atom. The predicted molar refractivity (Wildman–Crippen MR) is 97.3 cm³/mol. The highest BCUT2D eigenvalue weighted by Gasteiger charge is 2.15. The van der Waals surface area contributed by atoms with Crippen LogP contribution in [0.15, 0.2) is 30.3 Å². The van der Waals surface area contributed by atoms with Crippen LogP contribution in [0.2, 0.25) is 0 Å². The van der Waals surface area contributed by atoms with E-state index in [-0.39, 0.29) is 6.03 Å². The third-order valence-electron chi connectivity index (χ3n) is 4.35. The number of aromatic nitrogens is 2. The van der Waals surface area contributed by atoms with E-state index < -0.39 is 0 Å². The van der Waals surface area contributed by atoms with Crippen molar-refractivity contribution in [3.05, 3.63) is 41.7 Å². The molecule has 0 aliphatic carbocycles. The normalized spacial score (nSPS) is 15.1. The van der Waals surface area contributed by atoms with E-state index in [0.29, 0.717) is 6.54 Å². The number of benzene rings is 1. The number of carbonyl (C=O) groups is 1. The maximum absolute atomic E-state index is 12.2. The molecule has 1 saturated heterocycles. The van der Waals surface area contributed by atoms with Gasteiger partial charge in [-0.1, -0.05) is 18.2 Å². The van der Waals surface area contributed by atoms with Gasteiger partial charge < -0.3 is 15.4 Å². The average Bonchev–Trinajstić information content (AvgIpc) is 2.91. The molecule has 25 heavy (non-hydrogen) atoms. The van der Waals surface area contributed by atoms with E-state index >= 15 is 0 Å². The maximum atomic E-state index is 12.2. The zero-order valence-electron chi connectivity index (χ0n) is 14.8. The van der Waals surface area contributed by atoms with Gasteiger partial charge in [0, 0.05) is 26.2 Å². The van der Waals surface area contributed by atoms with Crippen LogP contribution in [0, 0.1) is 13.8 Å². The van der Waals surface area contributed by atoms with Crippen LogP contribution < -0.4 is 10.6 Å². The van der Waals surface area contributed by atoms with Crippen LogP contribution in [-0.4, -0.2) is 60.1 Å². The van der Waals surface area contributed by atoms with E-state index in [0.717, 1.165) is 55.6 Å². The molecule has 2 N–H and O–H groups in total. The van der Waals surface area contributed by atoms with Gasteiger partial charge in [0.1, 0.15) is 0 Å². The molecule has 1 fully saturated rings. The zero-order valence-corrected chi connectivity index (χ0v) is 14.8. The van der Waals surface area contributed by atoms with Gasteiger partial charge in [0.15, 0.2) is 0 Å². The van der Waals surface area contributed by atoms with E-state index in [4.69, 9.17) is 4.74 Å². The van der Waals surface area contributed by atoms with Gasteiger partial charge in [0.2, 0.25) is 0 Å². The van der Waals surface area contributed by atoms with Crippen molar-refractivity contribution in [3.8, 4) is 5.69 Å². The number of aryl methyl sites for hydroxylation is 1. The summed E-state index contributed by atoms with van der Waals surface area (Å²) in [4.78, 5) is 14.5. The van der Waals surface area contributed by atoms with Gasteiger partial charge in [0.25, 0.3) is 0 Å². The van der Waals surface area contributed by atoms with Crippen molar-refractivity contribution in [3.63, 3.8) is 0 Å². The van der Waals surface area contributed by atoms with Crippen molar-refractivity contribution in [2.75, 3.05) is 44.7 Å². The molecule has 0 saturated carbocycles. The number of nitrogens with zero attached hydrogens (tertiary/aromatic N) is 3. The molecule has 7 nitrogen and oxygen atoms in total. The molecule has 0 radical (unpaired) electrons. The second-order valence-electron chi connectivity index (χ2n) is 6.13. The fraction of sp³-hybridized carbons (Fsp3) is 0.444. The summed E-state index contributed by atoms with van der Waals surface area (Å²) >= 11 is 0. The second kappa shape index (κ2) is 8.13. The minimum absolute atomic E-state index is 0.202. The summed E-state index contributed by atoms with van der Waals surface area (Å²) < 4.78 is 7.17. The number of hydrogen-bond donors (Lipinski definition) is 2. The molecule has 1 aromatic heterocycles. The number of urea groups is 1. The first kappa shape index (κ1) is 17.4. The van der Waals surface area contributed by atoms with Gasteiger partial charge in [-0.3, -0.25) is 4.90 Å². The quantitative estimate of drug-likeness (QED) is 0.870. The highest BCUT2D eigenvalue weighted by Crippen LogP contribution is 2.22. The Balaban J connectivity index is 1.57. The minimum Gasteiger partial charge on any atom is -0.379 e. The number of hydrogen-bond acceptors (Lipinski definition) is 4. The van der Waals surface area contributed by atoms with Crippen molar-refractivity contribution in [2.24, 2.45) is 0 Å². The van der Waals surface area contributed by atoms with E-state index in [2.05, 4.69) is 20.6 Å². The Morgan fingerprint density at radius 1 is 1.20 bits per heavy atom. The summed E-state index contributed by atoms with van der Waals surface area (Å²) in [7, 11) is 0. The number of rotatable bonds is 5. The fourth-order valence-electron chi connectivity index (χ4n) is 2.95. The van der Waals surface area contributed by atoms with Gasteiger partial charge in [-0.05, 0) is 26.0 Å². The molecule has 0 unspecified atom stereocenters. The molecule has 2 amide bonds. The monoisotopic (exact) mass is 343 g/mol. The summed E-state index contributed by atoms with van der Waals surface area (Å²) in [5.74, 6) is 0. The minimum atomic E-state index is -0.202. The Bertz CT molecular complexity index is 708. The molecule has 1 aliphatic heterocycles. The summed E-state index contributed by atoms with van der Waals surface area (Å²) in [6, 6.07) is 9.69. The smallest absolute Gasteiger partial charge is 0.319 e. The Morgan fingerprint density at radius 2 is 1.92 bits per heavy atom. The van der Waals surface area contributed by atoms with Gasteiger partial charge >= 0.3 is 6.03 Å². The first-order valence-electron chi connectivity index (χ1n) is 8.62. The lowest BCUT2D eigenvalue weighted by molar-refractivity contribution is 0.0388. The van der Waals surface area contributed by atoms with Crippen molar-refractivity contribution < 1.29 is 9.53 Å². The lowest BCUT2D eigenvalue weighted by Crippen LogP contribution is -2.42. The van der Waals surface area contributed by atoms with Crippen LogP contribution >= 0.6 is 0 Å². The van der Waals surface area contributed by atoms with Crippen LogP contribution in [0.5, 0.6) is 0 Å². The molecule has 3 rings (SSSR count). The standard InChI is InChI=1S/C18H25N5O2/c1-14-17(15(2)23(21-14)16-6-4-3-5-7-16)20-18(24)19-8-9-22-10-12-25-13-11-22/h3-7H,8-13H2,1-2H3,(H2,19,20,24). The highest BCUT2D eigenvalue weighted by atomic mass is 16.5. The van der Waals surface area contributed by atoms with Crippen LogP contribution in [0.25, 0.3) is 5.69 Å². The fourth-order valence-corrected chi connectivity index (χ4v) is 2.95. The molecule has 134 valence electrons. The van der Waals surface area contributed by atoms with E-state index in [9.17, 15) is 4.79 Å². The van der Waals surface area contributed by atoms with Crippen molar-refractivity contribution >= 4 is 11.7 Å². The summed E-state index contributed by atoms with van der Waals surface area (Å²) in [6.07, 6.45) is 0. The van der Waals surface area contributed by atoms with E-state index in [1.54, 1.807) is 0 Å². The predicted octanol–water partition coefficient (Wildman–Crippen LogP) is 1.94. The van der Waals surface area contributed by atoms with Gasteiger partial charge in [-0.2, -0.15) is 5.10 Å². The Hall–Kier alpha value is -2.38. The lowest BCUT2D eigenvalue weighted by atomic mass is 10.3. The Labute approximate surface area is 148 Å². The number of ether oxygens (including phenoxy) is 1. The van der Waals surface area contributed by atoms with Crippen LogP contribution in [0.1, 0.15) is 11.4 Å². The Kier molecular flexibility index (Phi) is 5.67. The van der Waals surface area contributed by atoms with Crippen LogP contribution in [0.4, 0.5) is 10.5 Å². The molecule has 0 spiro atoms. The number of morpholine rings is 1. The molecule has 0 bridgehead atoms. The van der Waals surface area contributed by atoms with Crippen molar-refractivity contribution in [1.82, 2.24) is 20.0 Å². The summed E-state index contributed by atoms with van der Waals surface area (Å²) in [6.45, 7) is 8.67. The second-order valence-corrected chi connectivity index (χ2v) is 6.13. The first-order valence-corrected chi connectivity index (χ1v) is 8.62. The molecule has 2 aromatic rings. The zero-order chi connectivity index (χ0) is 17.6. The average molecular weight is 343 g/mol.